The number of nitriles is 1. The Balaban J connectivity index is 1.31. The molecule has 0 saturated carbocycles. The van der Waals surface area contributed by atoms with Gasteiger partial charge in [0.15, 0.2) is 11.6 Å². The van der Waals surface area contributed by atoms with E-state index < -0.39 is 18.2 Å². The van der Waals surface area contributed by atoms with Crippen LogP contribution in [0.1, 0.15) is 16.7 Å². The number of fused-ring (bicyclic) bond motifs is 4. The van der Waals surface area contributed by atoms with Crippen LogP contribution in [0.15, 0.2) is 48.7 Å². The van der Waals surface area contributed by atoms with Crippen LogP contribution in [0, 0.1) is 24.1 Å². The Morgan fingerprint density at radius 1 is 1.23 bits per heavy atom. The molecule has 0 spiro atoms. The number of aryl methyl sites for hydroxylation is 1. The molecule has 9 nitrogen and oxygen atoms in total. The number of halogens is 1. The monoisotopic (exact) mass is 541 g/mol. The molecule has 1 amide bonds. The molecule has 3 aromatic carbocycles. The van der Waals surface area contributed by atoms with E-state index in [-0.39, 0.29) is 12.2 Å². The normalized spacial score (nSPS) is 14.1. The molecule has 1 aliphatic heterocycles. The Hall–Kier alpha value is -4.82. The number of thiazole rings is 1. The Labute approximate surface area is 226 Å². The molecular formula is C28H20FN5O4S. The highest BCUT2D eigenvalue weighted by molar-refractivity contribution is 7.22. The molecule has 1 aliphatic rings. The minimum absolute atomic E-state index is 0.0447. The largest absolute Gasteiger partial charge is 0.480 e. The van der Waals surface area contributed by atoms with Crippen LogP contribution in [0.4, 0.5) is 14.9 Å². The molecule has 1 atom stereocenters. The van der Waals surface area contributed by atoms with E-state index in [2.05, 4.69) is 9.97 Å². The third-order valence-electron chi connectivity index (χ3n) is 6.38. The van der Waals surface area contributed by atoms with Gasteiger partial charge in [-0.25, -0.2) is 24.1 Å². The standard InChI is InChI=1S/C28H20FN5O4S/c1-14-7-17(24-20(8-14)32-22(36-3)13-31-24)27-33-21-11-19(29)25-18(26(21)39-27)10-23(37-25)38-28(35)34(2)16-6-4-5-15(9-16)12-30/h4-9,11,13,23H,10H2,1-3H3/t23-/m1/s1. The van der Waals surface area contributed by atoms with E-state index in [0.29, 0.717) is 44.3 Å². The predicted octanol–water partition coefficient (Wildman–Crippen LogP) is 5.77. The fourth-order valence-corrected chi connectivity index (χ4v) is 5.61. The lowest BCUT2D eigenvalue weighted by atomic mass is 10.1. The van der Waals surface area contributed by atoms with E-state index in [4.69, 9.17) is 24.5 Å². The summed E-state index contributed by atoms with van der Waals surface area (Å²) in [4.78, 5) is 27.8. The van der Waals surface area contributed by atoms with Crippen molar-refractivity contribution in [3.8, 4) is 28.3 Å². The first-order chi connectivity index (χ1) is 18.8. The van der Waals surface area contributed by atoms with Crippen molar-refractivity contribution in [1.29, 1.82) is 5.26 Å². The van der Waals surface area contributed by atoms with Gasteiger partial charge in [-0.2, -0.15) is 5.26 Å². The van der Waals surface area contributed by atoms with Crippen molar-refractivity contribution >= 4 is 44.4 Å². The quantitative estimate of drug-likeness (QED) is 0.282. The van der Waals surface area contributed by atoms with E-state index in [1.165, 1.54) is 36.5 Å². The Morgan fingerprint density at radius 3 is 2.87 bits per heavy atom. The van der Waals surface area contributed by atoms with Gasteiger partial charge in [-0.15, -0.1) is 11.3 Å². The lowest BCUT2D eigenvalue weighted by molar-refractivity contribution is -0.0144. The number of hydrogen-bond donors (Lipinski definition) is 0. The minimum Gasteiger partial charge on any atom is -0.480 e. The van der Waals surface area contributed by atoms with Crippen molar-refractivity contribution in [1.82, 2.24) is 15.0 Å². The van der Waals surface area contributed by atoms with Crippen LogP contribution < -0.4 is 14.4 Å². The number of methoxy groups -OCH3 is 1. The van der Waals surface area contributed by atoms with Crippen LogP contribution in [0.25, 0.3) is 31.8 Å². The maximum Gasteiger partial charge on any atom is 0.417 e. The molecule has 0 bridgehead atoms. The first kappa shape index (κ1) is 24.5. The van der Waals surface area contributed by atoms with Crippen molar-refractivity contribution in [3.63, 3.8) is 0 Å². The summed E-state index contributed by atoms with van der Waals surface area (Å²) in [5.41, 5.74) is 5.03. The van der Waals surface area contributed by atoms with Crippen LogP contribution in [0.2, 0.25) is 0 Å². The molecule has 11 heteroatoms. The summed E-state index contributed by atoms with van der Waals surface area (Å²) >= 11 is 1.39. The van der Waals surface area contributed by atoms with Crippen LogP contribution >= 0.6 is 11.3 Å². The van der Waals surface area contributed by atoms with E-state index in [1.54, 1.807) is 30.5 Å². The maximum absolute atomic E-state index is 15.1. The number of amides is 1. The van der Waals surface area contributed by atoms with Gasteiger partial charge in [0.25, 0.3) is 6.29 Å². The van der Waals surface area contributed by atoms with E-state index >= 15 is 4.39 Å². The minimum atomic E-state index is -1.02. The van der Waals surface area contributed by atoms with Gasteiger partial charge in [-0.3, -0.25) is 4.90 Å². The van der Waals surface area contributed by atoms with Crippen LogP contribution in [0.3, 0.4) is 0 Å². The van der Waals surface area contributed by atoms with Crippen molar-refractivity contribution < 1.29 is 23.4 Å². The SMILES string of the molecule is COc1cnc2c(-c3nc4cc(F)c5c(c4s3)C[C@@H](OC(=O)N(C)c3cccc(C#N)c3)O5)cc(C)cc2n1. The first-order valence-corrected chi connectivity index (χ1v) is 12.7. The second kappa shape index (κ2) is 9.49. The summed E-state index contributed by atoms with van der Waals surface area (Å²) in [5.74, 6) is -0.130. The lowest BCUT2D eigenvalue weighted by Crippen LogP contribution is -2.32. The average molecular weight is 542 g/mol. The number of rotatable bonds is 4. The molecule has 0 saturated heterocycles. The third kappa shape index (κ3) is 4.34. The average Bonchev–Trinajstić information content (AvgIpc) is 3.56. The number of carbonyl (C=O) groups is 1. The van der Waals surface area contributed by atoms with Gasteiger partial charge < -0.3 is 14.2 Å². The highest BCUT2D eigenvalue weighted by Gasteiger charge is 2.33. The number of benzene rings is 3. The second-order valence-electron chi connectivity index (χ2n) is 8.98. The Kier molecular flexibility index (Phi) is 5.96. The van der Waals surface area contributed by atoms with Gasteiger partial charge in [0.05, 0.1) is 52.6 Å². The maximum atomic E-state index is 15.1. The first-order valence-electron chi connectivity index (χ1n) is 11.9. The molecule has 3 heterocycles. The molecule has 2 aromatic heterocycles. The van der Waals surface area contributed by atoms with Crippen molar-refractivity contribution in [2.45, 2.75) is 19.6 Å². The zero-order valence-electron chi connectivity index (χ0n) is 21.1. The third-order valence-corrected chi connectivity index (χ3v) is 7.54. The van der Waals surface area contributed by atoms with E-state index in [1.807, 2.05) is 25.1 Å². The topological polar surface area (TPSA) is 110 Å². The van der Waals surface area contributed by atoms with Gasteiger partial charge in [-0.05, 0) is 42.8 Å². The van der Waals surface area contributed by atoms with Crippen molar-refractivity contribution in [3.05, 3.63) is 71.2 Å². The molecule has 5 aromatic rings. The second-order valence-corrected chi connectivity index (χ2v) is 9.98. The Morgan fingerprint density at radius 2 is 2.08 bits per heavy atom. The molecule has 39 heavy (non-hydrogen) atoms. The van der Waals surface area contributed by atoms with Gasteiger partial charge in [0.2, 0.25) is 5.88 Å². The van der Waals surface area contributed by atoms with Crippen LogP contribution in [-0.2, 0) is 11.2 Å². The Bertz CT molecular complexity index is 1830. The van der Waals surface area contributed by atoms with Crippen LogP contribution in [-0.4, -0.2) is 41.5 Å². The number of anilines is 1. The predicted molar refractivity (Wildman–Crippen MR) is 144 cm³/mol. The molecule has 0 radical (unpaired) electrons. The summed E-state index contributed by atoms with van der Waals surface area (Å²) < 4.78 is 32.3. The number of carbonyl (C=O) groups excluding carboxylic acids is 1. The number of aromatic nitrogens is 3. The van der Waals surface area contributed by atoms with Crippen molar-refractivity contribution in [2.24, 2.45) is 0 Å². The zero-order chi connectivity index (χ0) is 27.3. The molecule has 194 valence electrons. The zero-order valence-corrected chi connectivity index (χ0v) is 21.9. The molecular weight excluding hydrogens is 521 g/mol. The highest BCUT2D eigenvalue weighted by atomic mass is 32.1. The molecule has 0 unspecified atom stereocenters. The van der Waals surface area contributed by atoms with E-state index in [9.17, 15) is 4.79 Å². The highest BCUT2D eigenvalue weighted by Crippen LogP contribution is 2.43. The van der Waals surface area contributed by atoms with Gasteiger partial charge in [-0.1, -0.05) is 6.07 Å². The molecule has 0 fully saturated rings. The molecule has 6 rings (SSSR count). The summed E-state index contributed by atoms with van der Waals surface area (Å²) in [6.45, 7) is 1.95. The summed E-state index contributed by atoms with van der Waals surface area (Å²) in [7, 11) is 3.06. The summed E-state index contributed by atoms with van der Waals surface area (Å²) in [6, 6.07) is 13.8. The fourth-order valence-electron chi connectivity index (χ4n) is 4.50. The smallest absolute Gasteiger partial charge is 0.417 e. The van der Waals surface area contributed by atoms with Crippen LogP contribution in [0.5, 0.6) is 11.6 Å². The van der Waals surface area contributed by atoms with Gasteiger partial charge in [0.1, 0.15) is 5.01 Å². The summed E-state index contributed by atoms with van der Waals surface area (Å²) in [5, 5.41) is 9.79. The number of ether oxygens (including phenoxy) is 3. The van der Waals surface area contributed by atoms with E-state index in [0.717, 1.165) is 15.8 Å². The van der Waals surface area contributed by atoms with Gasteiger partial charge in [0, 0.05) is 29.9 Å². The number of nitrogens with zero attached hydrogens (tertiary/aromatic N) is 5. The van der Waals surface area contributed by atoms with Crippen molar-refractivity contribution in [2.75, 3.05) is 19.1 Å². The lowest BCUT2D eigenvalue weighted by Gasteiger charge is -2.20. The fraction of sp³-hybridized carbons (Fsp3) is 0.179. The molecule has 0 N–H and O–H groups in total. The van der Waals surface area contributed by atoms with Gasteiger partial charge >= 0.3 is 6.09 Å². The number of hydrogen-bond acceptors (Lipinski definition) is 9. The summed E-state index contributed by atoms with van der Waals surface area (Å²) in [6.07, 6.45) is 0.00329. The molecule has 0 aliphatic carbocycles.